The number of carboxylic acids is 1. The van der Waals surface area contributed by atoms with Gasteiger partial charge >= 0.3 is 5.97 Å². The van der Waals surface area contributed by atoms with Crippen molar-refractivity contribution in [1.82, 2.24) is 4.72 Å². The number of halogens is 1. The van der Waals surface area contributed by atoms with E-state index in [0.717, 1.165) is 0 Å². The van der Waals surface area contributed by atoms with E-state index in [4.69, 9.17) is 5.11 Å². The van der Waals surface area contributed by atoms with E-state index >= 15 is 0 Å². The Hall–Kier alpha value is -2.25. The third-order valence-corrected chi connectivity index (χ3v) is 5.97. The number of hydrogen-bond acceptors (Lipinski definition) is 3. The quantitative estimate of drug-likeness (QED) is 0.593. The Labute approximate surface area is 159 Å². The molecular formula is C20H24FNO4S. The lowest BCUT2D eigenvalue weighted by Gasteiger charge is -2.20. The second-order valence-electron chi connectivity index (χ2n) is 6.48. The first kappa shape index (κ1) is 21.1. The van der Waals surface area contributed by atoms with Crippen LogP contribution in [0.1, 0.15) is 49.3 Å². The topological polar surface area (TPSA) is 83.5 Å². The number of sulfonamides is 1. The van der Waals surface area contributed by atoms with Crippen molar-refractivity contribution in [3.63, 3.8) is 0 Å². The van der Waals surface area contributed by atoms with Crippen LogP contribution < -0.4 is 4.72 Å². The lowest BCUT2D eigenvalue weighted by atomic mass is 10.0. The molecular weight excluding hydrogens is 369 g/mol. The molecule has 2 N–H and O–H groups in total. The fourth-order valence-electron chi connectivity index (χ4n) is 2.90. The van der Waals surface area contributed by atoms with Crippen LogP contribution >= 0.6 is 0 Å². The van der Waals surface area contributed by atoms with Gasteiger partial charge in [-0.3, -0.25) is 4.79 Å². The molecule has 5 nitrogen and oxygen atoms in total. The summed E-state index contributed by atoms with van der Waals surface area (Å²) in [4.78, 5) is 10.8. The molecule has 0 fully saturated rings. The molecule has 0 aliphatic rings. The van der Waals surface area contributed by atoms with E-state index in [1.807, 2.05) is 0 Å². The summed E-state index contributed by atoms with van der Waals surface area (Å²) in [7, 11) is -3.74. The van der Waals surface area contributed by atoms with Gasteiger partial charge < -0.3 is 5.11 Å². The highest BCUT2D eigenvalue weighted by Gasteiger charge is 2.22. The minimum Gasteiger partial charge on any atom is -0.481 e. The number of hydrogen-bond donors (Lipinski definition) is 2. The van der Waals surface area contributed by atoms with E-state index in [0.29, 0.717) is 36.8 Å². The highest BCUT2D eigenvalue weighted by atomic mass is 32.2. The molecule has 0 saturated heterocycles. The molecule has 0 aliphatic heterocycles. The molecule has 0 aliphatic carbocycles. The Bertz CT molecular complexity index is 866. The monoisotopic (exact) mass is 393 g/mol. The molecule has 0 radical (unpaired) electrons. The average Bonchev–Trinajstić information content (AvgIpc) is 2.61. The van der Waals surface area contributed by atoms with E-state index in [-0.39, 0.29) is 17.1 Å². The maximum Gasteiger partial charge on any atom is 0.303 e. The zero-order valence-electron chi connectivity index (χ0n) is 15.2. The summed E-state index contributed by atoms with van der Waals surface area (Å²) >= 11 is 0. The van der Waals surface area contributed by atoms with Gasteiger partial charge in [0.05, 0.1) is 4.90 Å². The highest BCUT2D eigenvalue weighted by Crippen LogP contribution is 2.24. The predicted molar refractivity (Wildman–Crippen MR) is 101 cm³/mol. The van der Waals surface area contributed by atoms with Crippen molar-refractivity contribution in [3.8, 4) is 0 Å². The lowest BCUT2D eigenvalue weighted by molar-refractivity contribution is -0.137. The van der Waals surface area contributed by atoms with Gasteiger partial charge in [-0.1, -0.05) is 43.2 Å². The van der Waals surface area contributed by atoms with Crippen LogP contribution in [0.15, 0.2) is 53.4 Å². The molecule has 0 spiro atoms. The predicted octanol–water partition coefficient (Wildman–Crippen LogP) is 4.19. The molecule has 0 heterocycles. The van der Waals surface area contributed by atoms with Crippen molar-refractivity contribution in [3.05, 3.63) is 65.5 Å². The Morgan fingerprint density at radius 2 is 1.74 bits per heavy atom. The van der Waals surface area contributed by atoms with Crippen LogP contribution in [0.4, 0.5) is 4.39 Å². The largest absolute Gasteiger partial charge is 0.481 e. The fraction of sp³-hybridized carbons (Fsp3) is 0.350. The number of rotatable bonds is 10. The molecule has 7 heteroatoms. The second kappa shape index (κ2) is 9.62. The number of benzene rings is 2. The van der Waals surface area contributed by atoms with Crippen molar-refractivity contribution in [1.29, 1.82) is 0 Å². The van der Waals surface area contributed by atoms with Gasteiger partial charge in [0.2, 0.25) is 10.0 Å². The number of unbranched alkanes of at least 4 members (excludes halogenated alkanes) is 2. The van der Waals surface area contributed by atoms with E-state index in [1.54, 1.807) is 43.3 Å². The molecule has 2 rings (SSSR count). The van der Waals surface area contributed by atoms with Crippen LogP contribution in [0.25, 0.3) is 0 Å². The minimum absolute atomic E-state index is 0.0934. The first-order chi connectivity index (χ1) is 12.8. The molecule has 2 aromatic carbocycles. The van der Waals surface area contributed by atoms with Crippen LogP contribution in [0, 0.1) is 12.7 Å². The van der Waals surface area contributed by atoms with Gasteiger partial charge in [0, 0.05) is 12.5 Å². The molecule has 0 bridgehead atoms. The number of aliphatic carboxylic acids is 1. The van der Waals surface area contributed by atoms with Crippen LogP contribution in [-0.2, 0) is 14.8 Å². The van der Waals surface area contributed by atoms with E-state index < -0.39 is 22.0 Å². The zero-order chi connectivity index (χ0) is 19.9. The Kier molecular flexibility index (Phi) is 7.50. The standard InChI is InChI=1S/C20H24FNO4S/c1-15-7-5-6-9-19(15)27(25,26)22-18(8-3-2-4-10-20(23)24)16-11-13-17(21)14-12-16/h5-7,9,11-14,18,22H,2-4,8,10H2,1H3,(H,23,24). The average molecular weight is 393 g/mol. The minimum atomic E-state index is -3.74. The Balaban J connectivity index is 2.15. The highest BCUT2D eigenvalue weighted by molar-refractivity contribution is 7.89. The smallest absolute Gasteiger partial charge is 0.303 e. The Morgan fingerprint density at radius 3 is 2.37 bits per heavy atom. The molecule has 0 amide bonds. The first-order valence-corrected chi connectivity index (χ1v) is 10.3. The van der Waals surface area contributed by atoms with Gasteiger partial charge in [-0.05, 0) is 49.1 Å². The maximum absolute atomic E-state index is 13.2. The summed E-state index contributed by atoms with van der Waals surface area (Å²) in [5.41, 5.74) is 1.32. The van der Waals surface area contributed by atoms with E-state index in [2.05, 4.69) is 4.72 Å². The van der Waals surface area contributed by atoms with Gasteiger partial charge in [0.25, 0.3) is 0 Å². The molecule has 146 valence electrons. The first-order valence-electron chi connectivity index (χ1n) is 8.85. The summed E-state index contributed by atoms with van der Waals surface area (Å²) in [5.74, 6) is -1.23. The van der Waals surface area contributed by atoms with Gasteiger partial charge in [-0.2, -0.15) is 0 Å². The third kappa shape index (κ3) is 6.45. The molecule has 0 aromatic heterocycles. The molecule has 2 aromatic rings. The molecule has 0 saturated carbocycles. The third-order valence-electron chi connectivity index (χ3n) is 4.34. The number of aryl methyl sites for hydroxylation is 1. The van der Waals surface area contributed by atoms with Gasteiger partial charge in [-0.25, -0.2) is 17.5 Å². The summed E-state index contributed by atoms with van der Waals surface area (Å²) < 4.78 is 41.6. The van der Waals surface area contributed by atoms with Crippen molar-refractivity contribution >= 4 is 16.0 Å². The SMILES string of the molecule is Cc1ccccc1S(=O)(=O)NC(CCCCCC(=O)O)c1ccc(F)cc1. The van der Waals surface area contributed by atoms with E-state index in [9.17, 15) is 17.6 Å². The van der Waals surface area contributed by atoms with Crippen LogP contribution in [0.2, 0.25) is 0 Å². The maximum atomic E-state index is 13.2. The fourth-order valence-corrected chi connectivity index (χ4v) is 4.40. The van der Waals surface area contributed by atoms with Crippen LogP contribution in [-0.4, -0.2) is 19.5 Å². The van der Waals surface area contributed by atoms with Crippen molar-refractivity contribution in [2.45, 2.75) is 50.0 Å². The summed E-state index contributed by atoms with van der Waals surface area (Å²) in [5, 5.41) is 8.70. The number of nitrogens with one attached hydrogen (secondary N) is 1. The second-order valence-corrected chi connectivity index (χ2v) is 8.17. The normalized spacial score (nSPS) is 12.7. The van der Waals surface area contributed by atoms with Crippen LogP contribution in [0.5, 0.6) is 0 Å². The van der Waals surface area contributed by atoms with Crippen molar-refractivity contribution in [2.24, 2.45) is 0 Å². The number of carboxylic acid groups (broad SMARTS) is 1. The van der Waals surface area contributed by atoms with Crippen molar-refractivity contribution in [2.75, 3.05) is 0 Å². The van der Waals surface area contributed by atoms with Gasteiger partial charge in [0.1, 0.15) is 5.82 Å². The number of carbonyl (C=O) groups is 1. The van der Waals surface area contributed by atoms with Crippen molar-refractivity contribution < 1.29 is 22.7 Å². The molecule has 27 heavy (non-hydrogen) atoms. The van der Waals surface area contributed by atoms with Gasteiger partial charge in [0.15, 0.2) is 0 Å². The summed E-state index contributed by atoms with van der Waals surface area (Å²) in [6.07, 6.45) is 2.46. The van der Waals surface area contributed by atoms with E-state index in [1.165, 1.54) is 12.1 Å². The molecule has 1 atom stereocenters. The lowest BCUT2D eigenvalue weighted by Crippen LogP contribution is -2.29. The van der Waals surface area contributed by atoms with Gasteiger partial charge in [-0.15, -0.1) is 0 Å². The van der Waals surface area contributed by atoms with Crippen LogP contribution in [0.3, 0.4) is 0 Å². The Morgan fingerprint density at radius 1 is 1.07 bits per heavy atom. The summed E-state index contributed by atoms with van der Waals surface area (Å²) in [6.45, 7) is 1.73. The molecule has 1 unspecified atom stereocenters. The summed E-state index contributed by atoms with van der Waals surface area (Å²) in [6, 6.07) is 11.9. The zero-order valence-corrected chi connectivity index (χ0v) is 16.0.